The van der Waals surface area contributed by atoms with Crippen LogP contribution in [0.15, 0.2) is 227 Å². The van der Waals surface area contributed by atoms with Gasteiger partial charge in [-0.25, -0.2) is 39.1 Å². The van der Waals surface area contributed by atoms with Crippen molar-refractivity contribution in [3.05, 3.63) is 320 Å². The average Bonchev–Trinajstić information content (AvgIpc) is 1.62. The largest absolute Gasteiger partial charge is 0.506 e. The van der Waals surface area contributed by atoms with Gasteiger partial charge in [-0.15, -0.1) is 12.4 Å². The van der Waals surface area contributed by atoms with E-state index in [2.05, 4.69) is 138 Å². The number of rotatable bonds is 26. The van der Waals surface area contributed by atoms with E-state index < -0.39 is 17.3 Å². The molecule has 3 fully saturated rings. The third-order valence-corrected chi connectivity index (χ3v) is 23.7. The lowest BCUT2D eigenvalue weighted by atomic mass is 10.1. The zero-order chi connectivity index (χ0) is 94.8. The number of nitrogens with one attached hydrogen (secondary N) is 2. The molecule has 0 bridgehead atoms. The van der Waals surface area contributed by atoms with E-state index in [1.165, 1.54) is 0 Å². The number of nitrogens with zero attached hydrogens (tertiary/aromatic N) is 18. The highest BCUT2D eigenvalue weighted by atomic mass is 35.5. The number of aliphatic hydroxyl groups excluding tert-OH is 1. The van der Waals surface area contributed by atoms with Gasteiger partial charge >= 0.3 is 12.2 Å². The summed E-state index contributed by atoms with van der Waals surface area (Å²) in [6.07, 6.45) is 4.78. The molecular formula is C106H130ClN21O8. The van der Waals surface area contributed by atoms with E-state index >= 15 is 0 Å². The zero-order valence-electron chi connectivity index (χ0n) is 79.0. The SMILES string of the molecule is C.CO.Cl.[C-]#[N+]c1ccc(Cn2c(=NC3CCN(CCN)CC3)n(Cc3nc(C)ccc3O)c3ccccc32)cc1.[C-]#[N+]c1ccc(Cn2c(=NC3CCN(CCNC(=O)OC(C)(C)C)CC3)n(Cc3nc(C)ccc3O)c3ccccc32)cc1.[C-]#[N+]c1ccc(Cn2c(=NC3CCN(CCNC(=O)OC(C)(C)C)CC3)n(Cc3nc(C)ccc3OCc3ccccc3)c3ccccc32)cc1. The predicted molar refractivity (Wildman–Crippen MR) is 538 cm³/mol. The lowest BCUT2D eigenvalue weighted by Crippen LogP contribution is -2.42. The summed E-state index contributed by atoms with van der Waals surface area (Å²) in [5.41, 5.74) is 24.6. The predicted octanol–water partition coefficient (Wildman–Crippen LogP) is 17.1. The van der Waals surface area contributed by atoms with Gasteiger partial charge < -0.3 is 88.0 Å². The van der Waals surface area contributed by atoms with Crippen molar-refractivity contribution in [1.82, 2.24) is 67.7 Å². The molecule has 714 valence electrons. The van der Waals surface area contributed by atoms with Crippen molar-refractivity contribution < 1.29 is 39.1 Å². The number of ether oxygens (including phenoxy) is 3. The number of hydrogen-bond acceptors (Lipinski definition) is 18. The second kappa shape index (κ2) is 49.0. The minimum absolute atomic E-state index is 0. The molecule has 3 aliphatic rings. The number of imidazole rings is 3. The van der Waals surface area contributed by atoms with Crippen LogP contribution in [0.1, 0.15) is 144 Å². The first-order valence-corrected chi connectivity index (χ1v) is 46.0. The maximum absolute atomic E-state index is 12.1. The standard InChI is InChI=1S/C41H47N7O3.C34H41N7O3.C29H33N7O.CH4O.CH4.ClH/c1-30-15-20-38(50-29-32-11-7-6-8-12-32)35(44-30)28-48-37-14-10-9-13-36(37)47(27-31-16-18-33(42-5)19-17-31)39(48)45-34-21-24-46(25-22-34)26-23-43-40(49)51-41(2,3)4;1-24-10-15-31(42)28(37-24)23-41-30-9-7-6-8-29(30)40(22-25-11-13-26(35-5)14-12-25)32(41)38-27-16-19-39(20-17-27)21-18-36-33(43)44-34(2,3)4;1-21-7-12-28(37)25(32-21)20-36-27-6-4-3-5-26(27)35(19-22-8-10-23(31-2)11-9-22)29(36)33-24-13-16-34(17-14-24)18-15-30;1-2;;/h6-20,34H,21-29H2,1-4H3,(H,43,49);6-15,27,42H,16-23H2,1-4H3,(H,36,43);3-12,24,37H,13-20,30H2,1H3;2H,1H3;1H4;1H. The summed E-state index contributed by atoms with van der Waals surface area (Å²) in [6, 6.07) is 69.8. The molecule has 7 aromatic carbocycles. The summed E-state index contributed by atoms with van der Waals surface area (Å²) in [7, 11) is 1.00. The number of nitrogens with two attached hydrogens (primary N) is 1. The number of halogens is 1. The maximum atomic E-state index is 12.1. The number of carbonyl (C=O) groups is 2. The van der Waals surface area contributed by atoms with Crippen LogP contribution in [0.5, 0.6) is 17.2 Å². The van der Waals surface area contributed by atoms with Crippen molar-refractivity contribution in [3.8, 4) is 17.2 Å². The average molecular weight is 1860 g/mol. The Balaban J connectivity index is 0.000000195. The highest BCUT2D eigenvalue weighted by molar-refractivity contribution is 5.85. The fourth-order valence-corrected chi connectivity index (χ4v) is 17.0. The van der Waals surface area contributed by atoms with Gasteiger partial charge in [-0.1, -0.05) is 147 Å². The van der Waals surface area contributed by atoms with E-state index in [1.54, 1.807) is 12.1 Å². The second-order valence-electron chi connectivity index (χ2n) is 36.0. The Morgan fingerprint density at radius 1 is 0.404 bits per heavy atom. The van der Waals surface area contributed by atoms with Crippen LogP contribution < -0.4 is 38.0 Å². The molecule has 0 unspecified atom stereocenters. The third kappa shape index (κ3) is 28.2. The molecule has 2 amide bonds. The number of aliphatic hydroxyl groups is 1. The quantitative estimate of drug-likeness (QED) is 0.0275. The number of benzene rings is 7. The summed E-state index contributed by atoms with van der Waals surface area (Å²) >= 11 is 0. The Hall–Kier alpha value is -13.7. The van der Waals surface area contributed by atoms with Gasteiger partial charge in [-0.2, -0.15) is 0 Å². The normalized spacial score (nSPS) is 14.4. The number of fused-ring (bicyclic) bond motifs is 3. The first-order chi connectivity index (χ1) is 64.8. The van der Waals surface area contributed by atoms with Gasteiger partial charge in [0.1, 0.15) is 52.1 Å². The van der Waals surface area contributed by atoms with Crippen LogP contribution in [0.4, 0.5) is 26.7 Å². The Bertz CT molecular complexity index is 6500. The van der Waals surface area contributed by atoms with E-state index in [0.29, 0.717) is 94.0 Å². The summed E-state index contributed by atoms with van der Waals surface area (Å²) in [5, 5.41) is 34.0. The van der Waals surface area contributed by atoms with Crippen molar-refractivity contribution in [3.63, 3.8) is 0 Å². The number of aromatic hydroxyl groups is 2. The smallest absolute Gasteiger partial charge is 0.407 e. The van der Waals surface area contributed by atoms with E-state index in [4.69, 9.17) is 64.7 Å². The molecule has 6 aromatic heterocycles. The van der Waals surface area contributed by atoms with Gasteiger partial charge in [0, 0.05) is 103 Å². The number of para-hydroxylation sites is 6. The molecule has 0 radical (unpaired) electrons. The number of aryl methyl sites for hydroxylation is 3. The van der Waals surface area contributed by atoms with E-state index in [1.807, 2.05) is 202 Å². The van der Waals surface area contributed by atoms with Crippen LogP contribution in [0.2, 0.25) is 0 Å². The zero-order valence-corrected chi connectivity index (χ0v) is 79.9. The minimum atomic E-state index is -0.517. The molecule has 3 aliphatic heterocycles. The summed E-state index contributed by atoms with van der Waals surface area (Å²) < 4.78 is 30.5. The van der Waals surface area contributed by atoms with Gasteiger partial charge in [-0.05, 0) is 196 Å². The first kappa shape index (κ1) is 103. The molecule has 0 spiro atoms. The number of hydrogen-bond donors (Lipinski definition) is 6. The van der Waals surface area contributed by atoms with Crippen LogP contribution in [0, 0.1) is 40.5 Å². The van der Waals surface area contributed by atoms with Crippen molar-refractivity contribution in [2.24, 2.45) is 20.7 Å². The number of amides is 2. The number of aromatic nitrogens is 9. The molecular weight excluding hydrogens is 1730 g/mol. The number of piperidine rings is 3. The van der Waals surface area contributed by atoms with E-state index in [0.717, 1.165) is 205 Å². The van der Waals surface area contributed by atoms with Crippen LogP contribution in [-0.2, 0) is 55.3 Å². The number of carbonyl (C=O) groups excluding carboxylic acids is 2. The van der Waals surface area contributed by atoms with Crippen LogP contribution in [0.3, 0.4) is 0 Å². The van der Waals surface area contributed by atoms with Crippen LogP contribution in [-0.4, -0.2) is 200 Å². The molecule has 0 saturated carbocycles. The fraction of sp³-hybridized carbons (Fsp3) is 0.387. The van der Waals surface area contributed by atoms with Crippen molar-refractivity contribution in [2.45, 2.75) is 183 Å². The monoisotopic (exact) mass is 1860 g/mol. The van der Waals surface area contributed by atoms with Crippen molar-refractivity contribution >= 4 is 74.8 Å². The maximum Gasteiger partial charge on any atom is 0.407 e. The minimum Gasteiger partial charge on any atom is -0.506 e. The van der Waals surface area contributed by atoms with Gasteiger partial charge in [0.15, 0.2) is 17.1 Å². The Morgan fingerprint density at radius 3 is 1.00 bits per heavy atom. The van der Waals surface area contributed by atoms with Crippen LogP contribution >= 0.6 is 12.4 Å². The Labute approximate surface area is 803 Å². The molecule has 0 aliphatic carbocycles. The number of pyridine rings is 3. The van der Waals surface area contributed by atoms with Gasteiger partial charge in [0.2, 0.25) is 16.9 Å². The molecule has 7 N–H and O–H groups in total. The molecule has 29 nitrogen and oxygen atoms in total. The highest BCUT2D eigenvalue weighted by Gasteiger charge is 2.28. The van der Waals surface area contributed by atoms with Crippen LogP contribution in [0.25, 0.3) is 47.6 Å². The lowest BCUT2D eigenvalue weighted by molar-refractivity contribution is 0.0508. The molecule has 0 atom stereocenters. The molecule has 136 heavy (non-hydrogen) atoms. The molecule has 16 rings (SSSR count). The number of alkyl carbamates (subject to hydrolysis) is 2. The molecule has 30 heteroatoms. The van der Waals surface area contributed by atoms with E-state index in [-0.39, 0.29) is 55.6 Å². The molecule has 3 saturated heterocycles. The second-order valence-corrected chi connectivity index (χ2v) is 36.0. The fourth-order valence-electron chi connectivity index (χ4n) is 17.0. The van der Waals surface area contributed by atoms with Crippen molar-refractivity contribution in [1.29, 1.82) is 0 Å². The topological polar surface area (TPSA) is 301 Å². The molecule has 9 heterocycles. The first-order valence-electron chi connectivity index (χ1n) is 46.0. The highest BCUT2D eigenvalue weighted by Crippen LogP contribution is 2.29. The summed E-state index contributed by atoms with van der Waals surface area (Å²) in [5.74, 6) is 1.10. The summed E-state index contributed by atoms with van der Waals surface area (Å²) in [4.78, 5) is 72.4. The van der Waals surface area contributed by atoms with Gasteiger partial charge in [-0.3, -0.25) is 15.0 Å². The van der Waals surface area contributed by atoms with Gasteiger partial charge in [0.25, 0.3) is 0 Å². The Kier molecular flexibility index (Phi) is 37.0. The summed E-state index contributed by atoms with van der Waals surface area (Å²) in [6.45, 7) is 52.3. The van der Waals surface area contributed by atoms with Gasteiger partial charge in [0.05, 0.1) is 110 Å². The Morgan fingerprint density at radius 2 is 0.691 bits per heavy atom. The third-order valence-electron chi connectivity index (χ3n) is 23.7. The lowest BCUT2D eigenvalue weighted by Gasteiger charge is -2.30. The van der Waals surface area contributed by atoms with Crippen molar-refractivity contribution in [2.75, 3.05) is 85.6 Å². The number of likely N-dealkylation sites (tertiary alicyclic amines) is 3. The van der Waals surface area contributed by atoms with E-state index in [9.17, 15) is 19.8 Å². The molecule has 13 aromatic rings.